The van der Waals surface area contributed by atoms with Crippen LogP contribution in [0.4, 0.5) is 0 Å². The molecular weight excluding hydrogens is 428 g/mol. The van der Waals surface area contributed by atoms with Crippen molar-refractivity contribution in [3.8, 4) is 0 Å². The Balaban J connectivity index is 1.74. The van der Waals surface area contributed by atoms with Crippen molar-refractivity contribution in [1.29, 1.82) is 0 Å². The van der Waals surface area contributed by atoms with Crippen molar-refractivity contribution in [2.45, 2.75) is 4.90 Å². The minimum absolute atomic E-state index is 0.0245. The number of carbonyl (C=O) groups excluding carboxylic acids is 1. The fourth-order valence-corrected chi connectivity index (χ4v) is 4.75. The van der Waals surface area contributed by atoms with Crippen molar-refractivity contribution in [1.82, 2.24) is 9.29 Å². The highest BCUT2D eigenvalue weighted by Crippen LogP contribution is 2.28. The molecule has 5 nitrogen and oxygen atoms in total. The highest BCUT2D eigenvalue weighted by Gasteiger charge is 2.20. The van der Waals surface area contributed by atoms with Crippen LogP contribution in [0.3, 0.4) is 0 Å². The van der Waals surface area contributed by atoms with E-state index in [2.05, 4.69) is 20.7 Å². The number of fused-ring (bicyclic) bond motifs is 3. The molecule has 0 aliphatic carbocycles. The van der Waals surface area contributed by atoms with Crippen LogP contribution in [0.15, 0.2) is 76.1 Å². The van der Waals surface area contributed by atoms with Crippen LogP contribution in [-0.4, -0.2) is 18.9 Å². The predicted molar refractivity (Wildman–Crippen MR) is 109 cm³/mol. The van der Waals surface area contributed by atoms with Crippen molar-refractivity contribution in [3.63, 3.8) is 0 Å². The van der Waals surface area contributed by atoms with E-state index in [0.717, 1.165) is 21.8 Å². The molecule has 3 aromatic carbocycles. The summed E-state index contributed by atoms with van der Waals surface area (Å²) in [5.74, 6) is -0.662. The van der Waals surface area contributed by atoms with Gasteiger partial charge in [-0.1, -0.05) is 40.2 Å². The van der Waals surface area contributed by atoms with Gasteiger partial charge >= 0.3 is 0 Å². The summed E-state index contributed by atoms with van der Waals surface area (Å²) in [6, 6.07) is 19.3. The summed E-state index contributed by atoms with van der Waals surface area (Å²) in [5.41, 5.74) is 2.31. The number of aryl methyl sites for hydroxylation is 1. The average molecular weight is 443 g/mol. The van der Waals surface area contributed by atoms with Gasteiger partial charge in [-0.2, -0.15) is 0 Å². The van der Waals surface area contributed by atoms with E-state index in [-0.39, 0.29) is 10.5 Å². The van der Waals surface area contributed by atoms with Crippen molar-refractivity contribution < 1.29 is 13.2 Å². The Kier molecular flexibility index (Phi) is 4.28. The molecular formula is C20H15BrN2O3S. The molecule has 0 aliphatic rings. The van der Waals surface area contributed by atoms with Gasteiger partial charge in [-0.3, -0.25) is 4.79 Å². The molecule has 136 valence electrons. The molecule has 0 spiro atoms. The van der Waals surface area contributed by atoms with Crippen molar-refractivity contribution >= 4 is 53.7 Å². The number of hydrogen-bond acceptors (Lipinski definition) is 3. The van der Waals surface area contributed by atoms with Gasteiger partial charge in [0.2, 0.25) is 0 Å². The standard InChI is InChI=1S/C20H15BrN2O3S/c1-23-18-8-3-2-7-16(18)17-11-13(9-10-19(17)23)20(24)22-27(25,26)15-6-4-5-14(21)12-15/h2-12H,1H3,(H,22,24). The zero-order valence-electron chi connectivity index (χ0n) is 14.3. The second-order valence-corrected chi connectivity index (χ2v) is 8.80. The number of carbonyl (C=O) groups is 1. The molecule has 1 amide bonds. The number of para-hydroxylation sites is 1. The molecule has 7 heteroatoms. The summed E-state index contributed by atoms with van der Waals surface area (Å²) in [5, 5.41) is 1.92. The van der Waals surface area contributed by atoms with E-state index in [1.54, 1.807) is 24.3 Å². The molecule has 27 heavy (non-hydrogen) atoms. The van der Waals surface area contributed by atoms with Gasteiger partial charge < -0.3 is 4.57 Å². The van der Waals surface area contributed by atoms with Crippen molar-refractivity contribution in [3.05, 3.63) is 76.8 Å². The predicted octanol–water partition coefficient (Wildman–Crippen LogP) is 4.21. The Hall–Kier alpha value is -2.64. The first-order chi connectivity index (χ1) is 12.9. The fourth-order valence-electron chi connectivity index (χ4n) is 3.18. The third-order valence-corrected chi connectivity index (χ3v) is 6.33. The van der Waals surface area contributed by atoms with Crippen LogP contribution in [0.2, 0.25) is 0 Å². The highest BCUT2D eigenvalue weighted by molar-refractivity contribution is 9.10. The topological polar surface area (TPSA) is 68.2 Å². The number of aromatic nitrogens is 1. The zero-order chi connectivity index (χ0) is 19.2. The molecule has 4 aromatic rings. The van der Waals surface area contributed by atoms with Gasteiger partial charge in [0.05, 0.1) is 4.90 Å². The number of benzene rings is 3. The van der Waals surface area contributed by atoms with Crippen LogP contribution >= 0.6 is 15.9 Å². The van der Waals surface area contributed by atoms with E-state index < -0.39 is 15.9 Å². The third kappa shape index (κ3) is 3.13. The van der Waals surface area contributed by atoms with E-state index in [1.807, 2.05) is 41.9 Å². The number of halogens is 1. The lowest BCUT2D eigenvalue weighted by molar-refractivity contribution is 0.0981. The summed E-state index contributed by atoms with van der Waals surface area (Å²) >= 11 is 3.24. The van der Waals surface area contributed by atoms with E-state index in [0.29, 0.717) is 4.47 Å². The number of hydrogen-bond donors (Lipinski definition) is 1. The van der Waals surface area contributed by atoms with Crippen LogP contribution in [0.1, 0.15) is 10.4 Å². The molecule has 0 atom stereocenters. The number of sulfonamides is 1. The molecule has 0 fully saturated rings. The van der Waals surface area contributed by atoms with Gasteiger partial charge in [0, 0.05) is 38.9 Å². The van der Waals surface area contributed by atoms with Crippen LogP contribution in [0, 0.1) is 0 Å². The highest BCUT2D eigenvalue weighted by atomic mass is 79.9. The molecule has 1 N–H and O–H groups in total. The van der Waals surface area contributed by atoms with Gasteiger partial charge in [-0.05, 0) is 42.5 Å². The number of rotatable bonds is 3. The SMILES string of the molecule is Cn1c2ccccc2c2cc(C(=O)NS(=O)(=O)c3cccc(Br)c3)ccc21. The first-order valence-electron chi connectivity index (χ1n) is 8.17. The maximum absolute atomic E-state index is 12.6. The molecule has 0 unspecified atom stereocenters. The van der Waals surface area contributed by atoms with Crippen LogP contribution in [0.25, 0.3) is 21.8 Å². The van der Waals surface area contributed by atoms with Gasteiger partial charge in [-0.25, -0.2) is 13.1 Å². The van der Waals surface area contributed by atoms with Gasteiger partial charge in [-0.15, -0.1) is 0 Å². The van der Waals surface area contributed by atoms with Crippen molar-refractivity contribution in [2.75, 3.05) is 0 Å². The summed E-state index contributed by atoms with van der Waals surface area (Å²) in [7, 11) is -2.00. The van der Waals surface area contributed by atoms with E-state index in [1.165, 1.54) is 12.1 Å². The van der Waals surface area contributed by atoms with E-state index >= 15 is 0 Å². The Morgan fingerprint density at radius 3 is 2.44 bits per heavy atom. The maximum atomic E-state index is 12.6. The lowest BCUT2D eigenvalue weighted by Gasteiger charge is -2.08. The molecule has 0 aliphatic heterocycles. The zero-order valence-corrected chi connectivity index (χ0v) is 16.7. The fraction of sp³-hybridized carbons (Fsp3) is 0.0500. The number of amides is 1. The molecule has 1 aromatic heterocycles. The smallest absolute Gasteiger partial charge is 0.265 e. The third-order valence-electron chi connectivity index (χ3n) is 4.51. The second kappa shape index (κ2) is 6.51. The van der Waals surface area contributed by atoms with Crippen LogP contribution < -0.4 is 4.72 Å². The van der Waals surface area contributed by atoms with Crippen LogP contribution in [-0.2, 0) is 17.1 Å². The van der Waals surface area contributed by atoms with Gasteiger partial charge in [0.25, 0.3) is 15.9 Å². The molecule has 0 saturated heterocycles. The lowest BCUT2D eigenvalue weighted by Crippen LogP contribution is -2.30. The average Bonchev–Trinajstić information content (AvgIpc) is 2.94. The number of nitrogens with one attached hydrogen (secondary N) is 1. The monoisotopic (exact) mass is 442 g/mol. The Morgan fingerprint density at radius 2 is 1.67 bits per heavy atom. The lowest BCUT2D eigenvalue weighted by atomic mass is 10.1. The first kappa shape index (κ1) is 17.8. The molecule has 0 radical (unpaired) electrons. The summed E-state index contributed by atoms with van der Waals surface area (Å²) in [6.07, 6.45) is 0. The quantitative estimate of drug-likeness (QED) is 0.516. The van der Waals surface area contributed by atoms with E-state index in [4.69, 9.17) is 0 Å². The number of nitrogens with zero attached hydrogens (tertiary/aromatic N) is 1. The summed E-state index contributed by atoms with van der Waals surface area (Å²) < 4.78 is 29.8. The largest absolute Gasteiger partial charge is 0.344 e. The minimum Gasteiger partial charge on any atom is -0.344 e. The van der Waals surface area contributed by atoms with Crippen molar-refractivity contribution in [2.24, 2.45) is 7.05 Å². The first-order valence-corrected chi connectivity index (χ1v) is 10.4. The summed E-state index contributed by atoms with van der Waals surface area (Å²) in [4.78, 5) is 12.6. The van der Waals surface area contributed by atoms with E-state index in [9.17, 15) is 13.2 Å². The normalized spacial score (nSPS) is 11.8. The Bertz CT molecular complexity index is 1310. The Morgan fingerprint density at radius 1 is 0.926 bits per heavy atom. The van der Waals surface area contributed by atoms with Gasteiger partial charge in [0.15, 0.2) is 0 Å². The minimum atomic E-state index is -3.96. The molecule has 0 saturated carbocycles. The summed E-state index contributed by atoms with van der Waals surface area (Å²) in [6.45, 7) is 0. The van der Waals surface area contributed by atoms with Gasteiger partial charge in [0.1, 0.15) is 0 Å². The molecule has 0 bridgehead atoms. The maximum Gasteiger partial charge on any atom is 0.265 e. The Labute approximate surface area is 164 Å². The molecule has 1 heterocycles. The van der Waals surface area contributed by atoms with Crippen LogP contribution in [0.5, 0.6) is 0 Å². The molecule has 4 rings (SSSR count). The second-order valence-electron chi connectivity index (χ2n) is 6.20.